The summed E-state index contributed by atoms with van der Waals surface area (Å²) < 4.78 is 1.65. The first kappa shape index (κ1) is 11.7. The van der Waals surface area contributed by atoms with Gasteiger partial charge in [-0.1, -0.05) is 0 Å². The summed E-state index contributed by atoms with van der Waals surface area (Å²) in [6.45, 7) is 0. The number of fused-ring (bicyclic) bond motifs is 1. The molecule has 20 heavy (non-hydrogen) atoms. The van der Waals surface area contributed by atoms with Crippen molar-refractivity contribution in [1.82, 2.24) is 14.5 Å². The van der Waals surface area contributed by atoms with Gasteiger partial charge in [0, 0.05) is 6.20 Å². The van der Waals surface area contributed by atoms with Gasteiger partial charge in [0.05, 0.1) is 16.8 Å². The van der Waals surface area contributed by atoms with E-state index in [4.69, 9.17) is 16.3 Å². The molecule has 3 aromatic rings. The van der Waals surface area contributed by atoms with Crippen LogP contribution in [0.5, 0.6) is 0 Å². The third kappa shape index (κ3) is 1.64. The van der Waals surface area contributed by atoms with Crippen molar-refractivity contribution < 1.29 is 0 Å². The lowest BCUT2D eigenvalue weighted by Crippen LogP contribution is -2.02. The first-order valence-corrected chi connectivity index (χ1v) is 5.78. The topological polar surface area (TPSA) is 104 Å². The van der Waals surface area contributed by atoms with Gasteiger partial charge >= 0.3 is 0 Å². The van der Waals surface area contributed by atoms with E-state index < -0.39 is 0 Å². The Bertz CT molecular complexity index is 894. The summed E-state index contributed by atoms with van der Waals surface area (Å²) >= 11 is 0. The molecule has 1 aromatic carbocycles. The van der Waals surface area contributed by atoms with Gasteiger partial charge in [-0.25, -0.2) is 9.97 Å². The zero-order valence-electron chi connectivity index (χ0n) is 10.3. The van der Waals surface area contributed by atoms with Crippen LogP contribution < -0.4 is 5.73 Å². The minimum Gasteiger partial charge on any atom is -0.369 e. The smallest absolute Gasteiger partial charge is 0.207 e. The molecule has 0 aliphatic heterocycles. The van der Waals surface area contributed by atoms with Gasteiger partial charge in [0.25, 0.3) is 0 Å². The molecule has 0 amide bonds. The van der Waals surface area contributed by atoms with E-state index >= 15 is 0 Å². The van der Waals surface area contributed by atoms with Crippen LogP contribution in [0.3, 0.4) is 0 Å². The monoisotopic (exact) mass is 260 g/mol. The normalized spacial score (nSPS) is 10.1. The fraction of sp³-hybridized carbons (Fsp3) is 0. The number of nitriles is 2. The highest BCUT2D eigenvalue weighted by atomic mass is 15.2. The van der Waals surface area contributed by atoms with Crippen LogP contribution in [0.4, 0.5) is 5.95 Å². The summed E-state index contributed by atoms with van der Waals surface area (Å²) in [5, 5.41) is 18.0. The molecule has 0 unspecified atom stereocenters. The number of imidazole rings is 1. The maximum Gasteiger partial charge on any atom is 0.207 e. The first-order chi connectivity index (χ1) is 9.74. The Morgan fingerprint density at radius 3 is 2.65 bits per heavy atom. The van der Waals surface area contributed by atoms with Crippen LogP contribution in [0.15, 0.2) is 36.5 Å². The van der Waals surface area contributed by atoms with Crippen molar-refractivity contribution in [3.05, 3.63) is 47.7 Å². The molecule has 0 aliphatic carbocycles. The molecule has 6 nitrogen and oxygen atoms in total. The highest BCUT2D eigenvalue weighted by Crippen LogP contribution is 2.22. The third-order valence-electron chi connectivity index (χ3n) is 2.94. The number of benzene rings is 1. The van der Waals surface area contributed by atoms with E-state index in [0.717, 1.165) is 0 Å². The van der Waals surface area contributed by atoms with Crippen LogP contribution in [-0.2, 0) is 0 Å². The minimum absolute atomic E-state index is 0.285. The Morgan fingerprint density at radius 2 is 1.90 bits per heavy atom. The van der Waals surface area contributed by atoms with Gasteiger partial charge in [-0.05, 0) is 30.3 Å². The fourth-order valence-corrected chi connectivity index (χ4v) is 2.05. The first-order valence-electron chi connectivity index (χ1n) is 5.78. The van der Waals surface area contributed by atoms with E-state index in [1.54, 1.807) is 35.0 Å². The second kappa shape index (κ2) is 4.38. The molecule has 2 aromatic heterocycles. The van der Waals surface area contributed by atoms with Crippen LogP contribution in [-0.4, -0.2) is 14.5 Å². The molecular formula is C14H8N6. The third-order valence-corrected chi connectivity index (χ3v) is 2.94. The van der Waals surface area contributed by atoms with E-state index in [0.29, 0.717) is 28.0 Å². The molecule has 3 rings (SSSR count). The van der Waals surface area contributed by atoms with Crippen molar-refractivity contribution in [3.63, 3.8) is 0 Å². The number of rotatable bonds is 1. The molecular weight excluding hydrogens is 252 g/mol. The number of aromatic nitrogens is 3. The van der Waals surface area contributed by atoms with Gasteiger partial charge in [-0.2, -0.15) is 10.5 Å². The molecule has 0 spiro atoms. The van der Waals surface area contributed by atoms with Gasteiger partial charge in [-0.15, -0.1) is 0 Å². The second-order valence-electron chi connectivity index (χ2n) is 4.11. The van der Waals surface area contributed by atoms with Gasteiger partial charge in [0.15, 0.2) is 5.65 Å². The van der Waals surface area contributed by atoms with Gasteiger partial charge in [0.1, 0.15) is 17.7 Å². The SMILES string of the molecule is N#Cc1ccc(-n2c(N)nc3cccnc32)cc1C#N. The maximum atomic E-state index is 9.08. The van der Waals surface area contributed by atoms with E-state index in [9.17, 15) is 0 Å². The number of nitrogen functional groups attached to an aromatic ring is 1. The highest BCUT2D eigenvalue weighted by molar-refractivity contribution is 5.77. The Kier molecular flexibility index (Phi) is 2.56. The average molecular weight is 260 g/mol. The molecule has 0 saturated heterocycles. The largest absolute Gasteiger partial charge is 0.369 e. The molecule has 0 radical (unpaired) electrons. The van der Waals surface area contributed by atoms with E-state index in [2.05, 4.69) is 9.97 Å². The fourth-order valence-electron chi connectivity index (χ4n) is 2.05. The van der Waals surface area contributed by atoms with Crippen LogP contribution >= 0.6 is 0 Å². The molecule has 0 aliphatic rings. The molecule has 94 valence electrons. The summed E-state index contributed by atoms with van der Waals surface area (Å²) in [5.41, 5.74) is 8.47. The van der Waals surface area contributed by atoms with Crippen molar-refractivity contribution in [2.45, 2.75) is 0 Å². The van der Waals surface area contributed by atoms with Crippen molar-refractivity contribution in [2.24, 2.45) is 0 Å². The lowest BCUT2D eigenvalue weighted by molar-refractivity contribution is 1.08. The summed E-state index contributed by atoms with van der Waals surface area (Å²) in [6, 6.07) is 12.5. The summed E-state index contributed by atoms with van der Waals surface area (Å²) in [4.78, 5) is 8.47. The molecule has 0 bridgehead atoms. The van der Waals surface area contributed by atoms with Gasteiger partial charge < -0.3 is 5.73 Å². The molecule has 0 saturated carbocycles. The van der Waals surface area contributed by atoms with Crippen LogP contribution in [0.25, 0.3) is 16.9 Å². The minimum atomic E-state index is 0.285. The van der Waals surface area contributed by atoms with Crippen LogP contribution in [0.1, 0.15) is 11.1 Å². The molecule has 6 heteroatoms. The lowest BCUT2D eigenvalue weighted by Gasteiger charge is -2.06. The lowest BCUT2D eigenvalue weighted by atomic mass is 10.1. The van der Waals surface area contributed by atoms with E-state index in [-0.39, 0.29) is 5.95 Å². The molecule has 2 N–H and O–H groups in total. The number of hydrogen-bond donors (Lipinski definition) is 1. The Labute approximate surface area is 114 Å². The number of pyridine rings is 1. The zero-order valence-corrected chi connectivity index (χ0v) is 10.3. The van der Waals surface area contributed by atoms with Crippen molar-refractivity contribution in [3.8, 4) is 17.8 Å². The van der Waals surface area contributed by atoms with Crippen molar-refractivity contribution in [2.75, 3.05) is 5.73 Å². The quantitative estimate of drug-likeness (QED) is 0.717. The molecule has 2 heterocycles. The predicted molar refractivity (Wildman–Crippen MR) is 72.7 cm³/mol. The molecule has 0 atom stereocenters. The average Bonchev–Trinajstić information content (AvgIpc) is 2.82. The Balaban J connectivity index is 2.30. The Hall–Kier alpha value is -3.38. The van der Waals surface area contributed by atoms with Gasteiger partial charge in [-0.3, -0.25) is 4.57 Å². The van der Waals surface area contributed by atoms with E-state index in [1.165, 1.54) is 0 Å². The summed E-state index contributed by atoms with van der Waals surface area (Å²) in [6.07, 6.45) is 1.65. The maximum absolute atomic E-state index is 9.08. The van der Waals surface area contributed by atoms with Crippen molar-refractivity contribution in [1.29, 1.82) is 10.5 Å². The highest BCUT2D eigenvalue weighted by Gasteiger charge is 2.12. The van der Waals surface area contributed by atoms with Crippen LogP contribution in [0, 0.1) is 22.7 Å². The second-order valence-corrected chi connectivity index (χ2v) is 4.11. The number of nitrogens with zero attached hydrogens (tertiary/aromatic N) is 5. The van der Waals surface area contributed by atoms with Gasteiger partial charge in [0.2, 0.25) is 5.95 Å². The standard InChI is InChI=1S/C14H8N6/c15-7-9-3-4-11(6-10(9)8-16)20-13-12(19-14(20)17)2-1-5-18-13/h1-6H,(H2,17,19). The zero-order chi connectivity index (χ0) is 14.1. The summed E-state index contributed by atoms with van der Waals surface area (Å²) in [5.74, 6) is 0.285. The van der Waals surface area contributed by atoms with E-state index in [1.807, 2.05) is 18.2 Å². The number of hydrogen-bond acceptors (Lipinski definition) is 5. The summed E-state index contributed by atoms with van der Waals surface area (Å²) in [7, 11) is 0. The predicted octanol–water partition coefficient (Wildman–Crippen LogP) is 1.75. The molecule has 0 fully saturated rings. The Morgan fingerprint density at radius 1 is 1.10 bits per heavy atom. The number of anilines is 1. The van der Waals surface area contributed by atoms with Crippen LogP contribution in [0.2, 0.25) is 0 Å². The number of nitrogens with two attached hydrogens (primary N) is 1. The van der Waals surface area contributed by atoms with Crippen molar-refractivity contribution >= 4 is 17.1 Å².